The Bertz CT molecular complexity index is 789. The fraction of sp³-hybridized carbons (Fsp3) is 0.926. The third-order valence-electron chi connectivity index (χ3n) is 11.1. The molecular weight excluding hydrogens is 434 g/mol. The second-order valence-corrected chi connectivity index (χ2v) is 12.8. The van der Waals surface area contributed by atoms with E-state index in [-0.39, 0.29) is 71.0 Å². The van der Waals surface area contributed by atoms with Gasteiger partial charge in [-0.2, -0.15) is 0 Å². The van der Waals surface area contributed by atoms with E-state index in [1.54, 1.807) is 0 Å². The number of rotatable bonds is 6. The van der Waals surface area contributed by atoms with E-state index < -0.39 is 12.1 Å². The number of carboxylic acid groups (broad SMARTS) is 1. The maximum Gasteiger partial charge on any atom is 0.322 e. The van der Waals surface area contributed by atoms with E-state index in [0.29, 0.717) is 18.8 Å². The van der Waals surface area contributed by atoms with Gasteiger partial charge in [-0.05, 0) is 97.7 Å². The molecule has 0 heterocycles. The second kappa shape index (κ2) is 9.36. The topological polar surface area (TPSA) is 127 Å². The number of carbonyl (C=O) groups is 2. The molecule has 0 aromatic carbocycles. The minimum Gasteiger partial charge on any atom is -0.480 e. The molecule has 1 amide bonds. The van der Waals surface area contributed by atoms with Crippen molar-refractivity contribution in [1.29, 1.82) is 0 Å². The lowest BCUT2D eigenvalue weighted by molar-refractivity contribution is -0.207. The summed E-state index contributed by atoms with van der Waals surface area (Å²) in [5.41, 5.74) is -0.234. The normalized spacial score (nSPS) is 47.6. The number of aliphatic carboxylic acids is 1. The molecule has 0 aromatic heterocycles. The first-order valence-corrected chi connectivity index (χ1v) is 13.4. The number of amides is 1. The van der Waals surface area contributed by atoms with Gasteiger partial charge in [-0.3, -0.25) is 9.59 Å². The Hall–Kier alpha value is -1.18. The van der Waals surface area contributed by atoms with Gasteiger partial charge >= 0.3 is 5.97 Å². The summed E-state index contributed by atoms with van der Waals surface area (Å²) < 4.78 is 0. The summed E-state index contributed by atoms with van der Waals surface area (Å²) in [6, 6.07) is 0. The molecule has 4 rings (SSSR count). The molecule has 0 saturated heterocycles. The number of aliphatic hydroxyl groups excluding tert-OH is 3. The van der Waals surface area contributed by atoms with Crippen molar-refractivity contribution in [3.8, 4) is 0 Å². The first kappa shape index (κ1) is 25.9. The van der Waals surface area contributed by atoms with E-state index in [9.17, 15) is 24.9 Å². The Labute approximate surface area is 203 Å². The highest BCUT2D eigenvalue weighted by Crippen LogP contribution is 2.68. The maximum absolute atomic E-state index is 12.4. The maximum atomic E-state index is 12.4. The average Bonchev–Trinajstić information content (AvgIpc) is 3.12. The van der Waals surface area contributed by atoms with Crippen LogP contribution in [0.3, 0.4) is 0 Å². The third kappa shape index (κ3) is 4.20. The number of aliphatic hydroxyl groups is 3. The minimum atomic E-state index is -1.05. The fourth-order valence-corrected chi connectivity index (χ4v) is 9.30. The van der Waals surface area contributed by atoms with Gasteiger partial charge in [0.2, 0.25) is 5.91 Å². The summed E-state index contributed by atoms with van der Waals surface area (Å²) >= 11 is 0. The predicted molar refractivity (Wildman–Crippen MR) is 128 cm³/mol. The van der Waals surface area contributed by atoms with Gasteiger partial charge in [-0.15, -0.1) is 0 Å². The summed E-state index contributed by atoms with van der Waals surface area (Å²) in [5, 5.41) is 44.6. The molecular formula is C27H45NO6. The van der Waals surface area contributed by atoms with Crippen LogP contribution in [0.2, 0.25) is 0 Å². The molecule has 4 saturated carbocycles. The van der Waals surface area contributed by atoms with E-state index in [1.807, 2.05) is 6.92 Å². The molecule has 4 aliphatic carbocycles. The molecule has 0 aromatic rings. The summed E-state index contributed by atoms with van der Waals surface area (Å²) in [4.78, 5) is 23.2. The number of carbonyl (C=O) groups excluding carboxylic acids is 1. The van der Waals surface area contributed by atoms with Crippen LogP contribution in [-0.4, -0.2) is 57.2 Å². The van der Waals surface area contributed by atoms with Gasteiger partial charge in [0.05, 0.1) is 18.3 Å². The van der Waals surface area contributed by atoms with Crippen molar-refractivity contribution in [2.24, 2.45) is 52.3 Å². The van der Waals surface area contributed by atoms with E-state index >= 15 is 0 Å². The Morgan fingerprint density at radius 1 is 1.00 bits per heavy atom. The molecule has 194 valence electrons. The van der Waals surface area contributed by atoms with Crippen LogP contribution in [0.5, 0.6) is 0 Å². The second-order valence-electron chi connectivity index (χ2n) is 12.8. The molecule has 7 nitrogen and oxygen atoms in total. The molecule has 7 heteroatoms. The van der Waals surface area contributed by atoms with Gasteiger partial charge in [0.25, 0.3) is 0 Å². The van der Waals surface area contributed by atoms with Gasteiger partial charge < -0.3 is 25.7 Å². The SMILES string of the molecule is C[C@H](C[C@H](C)C(=O)NCC(=O)O)[C@H]1CCC2C3C(C[C@H](O)[C@@]21C)[C@@]1(C)CC[C@@H](O)CC1C[C@H]3O. The van der Waals surface area contributed by atoms with Crippen LogP contribution in [0.4, 0.5) is 0 Å². The molecule has 34 heavy (non-hydrogen) atoms. The van der Waals surface area contributed by atoms with Crippen LogP contribution < -0.4 is 5.32 Å². The molecule has 4 aliphatic rings. The Kier molecular flexibility index (Phi) is 7.13. The first-order valence-electron chi connectivity index (χ1n) is 13.4. The lowest BCUT2D eigenvalue weighted by atomic mass is 9.43. The molecule has 4 unspecified atom stereocenters. The van der Waals surface area contributed by atoms with Crippen molar-refractivity contribution < 1.29 is 30.0 Å². The van der Waals surface area contributed by atoms with Crippen molar-refractivity contribution in [1.82, 2.24) is 5.32 Å². The van der Waals surface area contributed by atoms with Crippen molar-refractivity contribution >= 4 is 11.9 Å². The van der Waals surface area contributed by atoms with Crippen molar-refractivity contribution in [3.63, 3.8) is 0 Å². The largest absolute Gasteiger partial charge is 0.480 e. The number of fused-ring (bicyclic) bond motifs is 5. The summed E-state index contributed by atoms with van der Waals surface area (Å²) in [7, 11) is 0. The lowest BCUT2D eigenvalue weighted by Gasteiger charge is -2.63. The molecule has 12 atom stereocenters. The zero-order valence-electron chi connectivity index (χ0n) is 21.2. The smallest absolute Gasteiger partial charge is 0.322 e. The highest BCUT2D eigenvalue weighted by molar-refractivity contribution is 5.82. The predicted octanol–water partition coefficient (Wildman–Crippen LogP) is 2.81. The van der Waals surface area contributed by atoms with Crippen molar-refractivity contribution in [3.05, 3.63) is 0 Å². The van der Waals surface area contributed by atoms with Gasteiger partial charge in [0.15, 0.2) is 0 Å². The average molecular weight is 480 g/mol. The molecule has 0 radical (unpaired) electrons. The number of carboxylic acids is 1. The Balaban J connectivity index is 1.51. The Morgan fingerprint density at radius 3 is 2.38 bits per heavy atom. The van der Waals surface area contributed by atoms with Crippen molar-refractivity contribution in [2.45, 2.75) is 97.4 Å². The van der Waals surface area contributed by atoms with Crippen LogP contribution in [0.15, 0.2) is 0 Å². The van der Waals surface area contributed by atoms with Crippen LogP contribution in [0.1, 0.15) is 79.1 Å². The summed E-state index contributed by atoms with van der Waals surface area (Å²) in [6.45, 7) is 8.20. The van der Waals surface area contributed by atoms with Crippen LogP contribution in [0, 0.1) is 52.3 Å². The molecule has 0 bridgehead atoms. The van der Waals surface area contributed by atoms with Gasteiger partial charge in [0.1, 0.15) is 6.54 Å². The van der Waals surface area contributed by atoms with Gasteiger partial charge in [0, 0.05) is 5.92 Å². The molecule has 5 N–H and O–H groups in total. The molecule has 0 spiro atoms. The third-order valence-corrected chi connectivity index (χ3v) is 11.1. The molecule has 0 aliphatic heterocycles. The number of nitrogens with one attached hydrogen (secondary N) is 1. The zero-order chi connectivity index (χ0) is 25.0. The van der Waals surface area contributed by atoms with Gasteiger partial charge in [-0.1, -0.05) is 27.7 Å². The van der Waals surface area contributed by atoms with E-state index in [4.69, 9.17) is 5.11 Å². The first-order chi connectivity index (χ1) is 15.9. The quantitative estimate of drug-likeness (QED) is 0.399. The van der Waals surface area contributed by atoms with E-state index in [2.05, 4.69) is 26.1 Å². The van der Waals surface area contributed by atoms with Crippen LogP contribution in [0.25, 0.3) is 0 Å². The van der Waals surface area contributed by atoms with Crippen LogP contribution in [-0.2, 0) is 9.59 Å². The monoisotopic (exact) mass is 479 g/mol. The number of hydrogen-bond acceptors (Lipinski definition) is 5. The van der Waals surface area contributed by atoms with Crippen molar-refractivity contribution in [2.75, 3.05) is 6.54 Å². The van der Waals surface area contributed by atoms with Gasteiger partial charge in [-0.25, -0.2) is 0 Å². The highest BCUT2D eigenvalue weighted by atomic mass is 16.4. The minimum absolute atomic E-state index is 0.0614. The Morgan fingerprint density at radius 2 is 1.71 bits per heavy atom. The standard InChI is InChI=1S/C27H45NO6/c1-14(9-15(2)25(34)28-13-23(32)33)18-5-6-19-24-20(12-22(31)27(18,19)4)26(3)8-7-17(29)10-16(26)11-21(24)30/h14-22,24,29-31H,5-13H2,1-4H3,(H,28,34)(H,32,33)/t14-,15+,16?,17-,18-,19?,20?,21-,22+,24?,26+,27-/m1/s1. The fourth-order valence-electron chi connectivity index (χ4n) is 9.30. The summed E-state index contributed by atoms with van der Waals surface area (Å²) in [6.07, 6.45) is 5.51. The zero-order valence-corrected chi connectivity index (χ0v) is 21.2. The van der Waals surface area contributed by atoms with E-state index in [1.165, 1.54) is 0 Å². The molecule has 4 fully saturated rings. The lowest BCUT2D eigenvalue weighted by Crippen LogP contribution is -2.62. The highest BCUT2D eigenvalue weighted by Gasteiger charge is 2.65. The van der Waals surface area contributed by atoms with E-state index in [0.717, 1.165) is 38.5 Å². The van der Waals surface area contributed by atoms with Crippen LogP contribution >= 0.6 is 0 Å². The number of hydrogen-bond donors (Lipinski definition) is 5. The summed E-state index contributed by atoms with van der Waals surface area (Å²) in [5.74, 6) is -0.0907.